The summed E-state index contributed by atoms with van der Waals surface area (Å²) in [5.41, 5.74) is 4.84. The third-order valence-corrected chi connectivity index (χ3v) is 10.2. The number of aromatic nitrogens is 3. The summed E-state index contributed by atoms with van der Waals surface area (Å²) in [7, 11) is 0. The van der Waals surface area contributed by atoms with Gasteiger partial charge in [-0.3, -0.25) is 14.2 Å². The first kappa shape index (κ1) is 32.9. The number of carbonyl (C=O) groups is 1. The van der Waals surface area contributed by atoms with E-state index >= 15 is 0 Å². The smallest absolute Gasteiger partial charge is 0.260 e. The number of halogens is 2. The molecule has 0 unspecified atom stereocenters. The van der Waals surface area contributed by atoms with Gasteiger partial charge in [-0.25, -0.2) is 9.37 Å². The van der Waals surface area contributed by atoms with Crippen molar-refractivity contribution in [3.63, 3.8) is 0 Å². The summed E-state index contributed by atoms with van der Waals surface area (Å²) in [5.74, 6) is -0.170. The molecule has 47 heavy (non-hydrogen) atoms. The van der Waals surface area contributed by atoms with Crippen LogP contribution in [0, 0.1) is 19.7 Å². The van der Waals surface area contributed by atoms with Gasteiger partial charge in [-0.1, -0.05) is 37.6 Å². The van der Waals surface area contributed by atoms with E-state index in [4.69, 9.17) is 16.6 Å². The molecule has 4 aromatic rings. The number of benzene rings is 2. The van der Waals surface area contributed by atoms with Crippen LogP contribution in [0.2, 0.25) is 5.02 Å². The van der Waals surface area contributed by atoms with E-state index in [-0.39, 0.29) is 28.6 Å². The number of carbonyl (C=O) groups excluding carboxylic acids is 1. The second kappa shape index (κ2) is 14.0. The van der Waals surface area contributed by atoms with E-state index in [1.807, 2.05) is 19.9 Å². The van der Waals surface area contributed by atoms with Gasteiger partial charge >= 0.3 is 0 Å². The minimum atomic E-state index is -0.581. The van der Waals surface area contributed by atoms with Crippen LogP contribution >= 0.6 is 11.6 Å². The molecule has 2 aromatic heterocycles. The lowest BCUT2D eigenvalue weighted by atomic mass is 9.90. The van der Waals surface area contributed by atoms with Gasteiger partial charge in [0.2, 0.25) is 11.9 Å². The minimum absolute atomic E-state index is 0.0280. The molecule has 0 spiro atoms. The molecule has 1 aliphatic carbocycles. The number of anilines is 3. The van der Waals surface area contributed by atoms with Gasteiger partial charge in [-0.05, 0) is 81.5 Å². The zero-order chi connectivity index (χ0) is 33.2. The van der Waals surface area contributed by atoms with Gasteiger partial charge in [0.15, 0.2) is 0 Å². The third kappa shape index (κ3) is 6.71. The van der Waals surface area contributed by atoms with Crippen molar-refractivity contribution in [2.24, 2.45) is 0 Å². The van der Waals surface area contributed by atoms with Crippen LogP contribution in [0.15, 0.2) is 47.4 Å². The third-order valence-electron chi connectivity index (χ3n) is 9.79. The van der Waals surface area contributed by atoms with E-state index in [0.29, 0.717) is 52.9 Å². The Kier molecular flexibility index (Phi) is 9.80. The van der Waals surface area contributed by atoms with Crippen LogP contribution in [0.25, 0.3) is 22.2 Å². The zero-order valence-corrected chi connectivity index (χ0v) is 28.3. The van der Waals surface area contributed by atoms with E-state index < -0.39 is 5.82 Å². The van der Waals surface area contributed by atoms with E-state index in [9.17, 15) is 14.0 Å². The Bertz CT molecular complexity index is 1850. The lowest BCUT2D eigenvalue weighted by Crippen LogP contribution is -2.46. The molecule has 6 rings (SSSR count). The van der Waals surface area contributed by atoms with Crippen molar-refractivity contribution >= 4 is 45.9 Å². The first-order valence-corrected chi connectivity index (χ1v) is 17.1. The number of hydrogen-bond acceptors (Lipinski definition) is 7. The van der Waals surface area contributed by atoms with Gasteiger partial charge in [0.25, 0.3) is 5.56 Å². The van der Waals surface area contributed by atoms with E-state index in [1.165, 1.54) is 11.8 Å². The molecule has 3 heterocycles. The van der Waals surface area contributed by atoms with Gasteiger partial charge in [-0.15, -0.1) is 0 Å². The van der Waals surface area contributed by atoms with E-state index in [0.717, 1.165) is 56.8 Å². The summed E-state index contributed by atoms with van der Waals surface area (Å²) in [6.07, 6.45) is 5.01. The van der Waals surface area contributed by atoms with Crippen molar-refractivity contribution in [3.8, 4) is 11.1 Å². The molecule has 2 N–H and O–H groups in total. The SMILES string of the molecule is CCC(=O)N[C@H]1CC[C@@H](n2c(=O)c(-c3cccc(F)c3Cl)c(C)c3cnc(Nc4ccc(N5CCN(CC)CC5)c(C)c4)nc32)CC1. The highest BCUT2D eigenvalue weighted by atomic mass is 35.5. The Balaban J connectivity index is 1.36. The molecule has 1 saturated carbocycles. The summed E-state index contributed by atoms with van der Waals surface area (Å²) in [6, 6.07) is 10.7. The average molecular weight is 660 g/mol. The number of rotatable bonds is 8. The average Bonchev–Trinajstić information content (AvgIpc) is 3.07. The zero-order valence-electron chi connectivity index (χ0n) is 27.6. The normalized spacial score (nSPS) is 18.8. The lowest BCUT2D eigenvalue weighted by Gasteiger charge is -2.36. The summed E-state index contributed by atoms with van der Waals surface area (Å²) in [5, 5.41) is 7.07. The number of aryl methyl sites for hydroxylation is 2. The van der Waals surface area contributed by atoms with Gasteiger partial charge in [0, 0.05) is 73.2 Å². The summed E-state index contributed by atoms with van der Waals surface area (Å²) in [6.45, 7) is 13.2. The lowest BCUT2D eigenvalue weighted by molar-refractivity contribution is -0.121. The van der Waals surface area contributed by atoms with Crippen molar-refractivity contribution < 1.29 is 9.18 Å². The standard InChI is InChI=1S/C36H43ClFN7O2/c1-5-31(46)40-24-10-13-26(14-11-24)45-34-28(23(4)32(35(45)47)27-8-7-9-29(38)33(27)37)21-39-36(42-34)41-25-12-15-30(22(3)20-25)44-18-16-43(6-2)17-19-44/h7-9,12,15,20-21,24,26H,5-6,10-11,13-14,16-19H2,1-4H3,(H,40,46)(H,39,41,42)/t24-,26+. The number of piperazine rings is 1. The van der Waals surface area contributed by atoms with Crippen molar-refractivity contribution in [1.82, 2.24) is 24.8 Å². The largest absolute Gasteiger partial charge is 0.369 e. The highest BCUT2D eigenvalue weighted by molar-refractivity contribution is 6.33. The fourth-order valence-electron chi connectivity index (χ4n) is 7.08. The fraction of sp³-hybridized carbons (Fsp3) is 0.444. The molecule has 2 fully saturated rings. The Morgan fingerprint density at radius 1 is 1.04 bits per heavy atom. The van der Waals surface area contributed by atoms with Crippen LogP contribution in [-0.4, -0.2) is 64.1 Å². The molecule has 248 valence electrons. The van der Waals surface area contributed by atoms with Crippen LogP contribution in [0.3, 0.4) is 0 Å². The molecule has 0 atom stereocenters. The predicted octanol–water partition coefficient (Wildman–Crippen LogP) is 6.76. The number of pyridine rings is 1. The van der Waals surface area contributed by atoms with E-state index in [2.05, 4.69) is 51.4 Å². The Morgan fingerprint density at radius 3 is 2.47 bits per heavy atom. The van der Waals surface area contributed by atoms with Crippen molar-refractivity contribution in [2.45, 2.75) is 71.9 Å². The second-order valence-corrected chi connectivity index (χ2v) is 13.1. The van der Waals surface area contributed by atoms with Gasteiger partial charge < -0.3 is 20.4 Å². The molecule has 0 radical (unpaired) electrons. The van der Waals surface area contributed by atoms with Gasteiger partial charge in [0.1, 0.15) is 11.5 Å². The number of hydrogen-bond donors (Lipinski definition) is 2. The Labute approximate surface area is 280 Å². The summed E-state index contributed by atoms with van der Waals surface area (Å²) < 4.78 is 16.4. The van der Waals surface area contributed by atoms with Gasteiger partial charge in [-0.2, -0.15) is 4.98 Å². The van der Waals surface area contributed by atoms with Crippen molar-refractivity contribution in [3.05, 3.63) is 74.9 Å². The topological polar surface area (TPSA) is 95.4 Å². The molecule has 2 aromatic carbocycles. The molecule has 1 amide bonds. The summed E-state index contributed by atoms with van der Waals surface area (Å²) in [4.78, 5) is 41.0. The maximum atomic E-state index is 14.6. The van der Waals surface area contributed by atoms with Crippen molar-refractivity contribution in [2.75, 3.05) is 42.9 Å². The number of nitrogens with one attached hydrogen (secondary N) is 2. The van der Waals surface area contributed by atoms with Crippen LogP contribution < -0.4 is 21.1 Å². The van der Waals surface area contributed by atoms with Crippen LogP contribution in [0.4, 0.5) is 21.7 Å². The Hall–Kier alpha value is -4.02. The number of nitrogens with zero attached hydrogens (tertiary/aromatic N) is 5. The molecular formula is C36H43ClFN7O2. The molecule has 1 aliphatic heterocycles. The number of fused-ring (bicyclic) bond motifs is 1. The summed E-state index contributed by atoms with van der Waals surface area (Å²) >= 11 is 6.43. The molecular weight excluding hydrogens is 617 g/mol. The first-order valence-electron chi connectivity index (χ1n) is 16.7. The molecule has 11 heteroatoms. The molecule has 9 nitrogen and oxygen atoms in total. The second-order valence-electron chi connectivity index (χ2n) is 12.7. The Morgan fingerprint density at radius 2 is 1.79 bits per heavy atom. The fourth-order valence-corrected chi connectivity index (χ4v) is 7.30. The van der Waals surface area contributed by atoms with Crippen LogP contribution in [-0.2, 0) is 4.79 Å². The molecule has 2 aliphatic rings. The van der Waals surface area contributed by atoms with Crippen LogP contribution in [0.1, 0.15) is 63.1 Å². The van der Waals surface area contributed by atoms with Crippen LogP contribution in [0.5, 0.6) is 0 Å². The number of likely N-dealkylation sites (N-methyl/N-ethyl adjacent to an activating group) is 1. The molecule has 1 saturated heterocycles. The quantitative estimate of drug-likeness (QED) is 0.216. The highest BCUT2D eigenvalue weighted by Crippen LogP contribution is 2.36. The number of amides is 1. The maximum absolute atomic E-state index is 14.6. The predicted molar refractivity (Wildman–Crippen MR) is 187 cm³/mol. The maximum Gasteiger partial charge on any atom is 0.260 e. The highest BCUT2D eigenvalue weighted by Gasteiger charge is 2.29. The molecule has 0 bridgehead atoms. The van der Waals surface area contributed by atoms with Crippen molar-refractivity contribution in [1.29, 1.82) is 0 Å². The minimum Gasteiger partial charge on any atom is -0.369 e. The van der Waals surface area contributed by atoms with E-state index in [1.54, 1.807) is 22.9 Å². The first-order chi connectivity index (χ1) is 22.7. The van der Waals surface area contributed by atoms with Gasteiger partial charge in [0.05, 0.1) is 10.6 Å². The monoisotopic (exact) mass is 659 g/mol.